The van der Waals surface area contributed by atoms with Crippen molar-refractivity contribution in [2.45, 2.75) is 77.7 Å². The molecule has 0 amide bonds. The van der Waals surface area contributed by atoms with Crippen molar-refractivity contribution in [1.29, 1.82) is 0 Å². The lowest BCUT2D eigenvalue weighted by molar-refractivity contribution is -0.381. The number of alkyl halides is 3. The van der Waals surface area contributed by atoms with E-state index in [2.05, 4.69) is 0 Å². The van der Waals surface area contributed by atoms with Crippen molar-refractivity contribution in [2.24, 2.45) is 0 Å². The molecule has 23 heavy (non-hydrogen) atoms. The number of esters is 1. The SMILES string of the molecule is CCCCOC(=O)CC(OCCCC)(OCCCC)C(F)(F)F. The van der Waals surface area contributed by atoms with Gasteiger partial charge in [-0.15, -0.1) is 0 Å². The van der Waals surface area contributed by atoms with Crippen molar-refractivity contribution in [3.8, 4) is 0 Å². The molecule has 0 aliphatic rings. The van der Waals surface area contributed by atoms with E-state index in [1.54, 1.807) is 0 Å². The van der Waals surface area contributed by atoms with E-state index >= 15 is 0 Å². The van der Waals surface area contributed by atoms with E-state index in [4.69, 9.17) is 14.2 Å². The summed E-state index contributed by atoms with van der Waals surface area (Å²) in [4.78, 5) is 11.8. The Labute approximate surface area is 136 Å². The first kappa shape index (κ1) is 22.2. The standard InChI is InChI=1S/C16H29F3O4/c1-4-7-10-21-14(20)13-15(16(17,18)19,22-11-8-5-2)23-12-9-6-3/h4-13H2,1-3H3. The van der Waals surface area contributed by atoms with E-state index in [-0.39, 0.29) is 19.8 Å². The molecule has 0 aliphatic carbocycles. The average molecular weight is 342 g/mol. The van der Waals surface area contributed by atoms with E-state index in [0.717, 1.165) is 6.42 Å². The van der Waals surface area contributed by atoms with Gasteiger partial charge >= 0.3 is 12.1 Å². The smallest absolute Gasteiger partial charge is 0.443 e. The molecule has 0 aliphatic heterocycles. The monoisotopic (exact) mass is 342 g/mol. The maximum atomic E-state index is 13.5. The molecule has 4 nitrogen and oxygen atoms in total. The average Bonchev–Trinajstić information content (AvgIpc) is 2.46. The Morgan fingerprint density at radius 3 is 1.65 bits per heavy atom. The first-order valence-corrected chi connectivity index (χ1v) is 8.33. The summed E-state index contributed by atoms with van der Waals surface area (Å²) in [5.74, 6) is -3.87. The van der Waals surface area contributed by atoms with Crippen LogP contribution in [0.4, 0.5) is 13.2 Å². The van der Waals surface area contributed by atoms with E-state index in [9.17, 15) is 18.0 Å². The Kier molecular flexibility index (Phi) is 11.3. The van der Waals surface area contributed by atoms with Crippen molar-refractivity contribution in [1.82, 2.24) is 0 Å². The minimum atomic E-state index is -4.81. The minimum Gasteiger partial charge on any atom is -0.466 e. The summed E-state index contributed by atoms with van der Waals surface area (Å²) in [5.41, 5.74) is 0. The Morgan fingerprint density at radius 2 is 1.26 bits per heavy atom. The number of rotatable bonds is 13. The molecule has 0 spiro atoms. The number of carbonyl (C=O) groups is 1. The molecule has 0 radical (unpaired) electrons. The molecular formula is C16H29F3O4. The molecule has 0 fully saturated rings. The molecule has 0 aromatic carbocycles. The molecule has 0 bridgehead atoms. The normalized spacial score (nSPS) is 12.4. The molecular weight excluding hydrogens is 313 g/mol. The van der Waals surface area contributed by atoms with E-state index in [1.165, 1.54) is 0 Å². The van der Waals surface area contributed by atoms with Crippen LogP contribution in [0.15, 0.2) is 0 Å². The second-order valence-electron chi connectivity index (χ2n) is 5.41. The molecule has 7 heteroatoms. The topological polar surface area (TPSA) is 44.8 Å². The van der Waals surface area contributed by atoms with Gasteiger partial charge in [-0.1, -0.05) is 40.0 Å². The van der Waals surface area contributed by atoms with E-state index < -0.39 is 24.4 Å². The lowest BCUT2D eigenvalue weighted by Crippen LogP contribution is -2.52. The summed E-state index contributed by atoms with van der Waals surface area (Å²) in [6, 6.07) is 0. The van der Waals surface area contributed by atoms with Crippen molar-refractivity contribution >= 4 is 5.97 Å². The van der Waals surface area contributed by atoms with Crippen LogP contribution in [-0.2, 0) is 19.0 Å². The summed E-state index contributed by atoms with van der Waals surface area (Å²) < 4.78 is 55.4. The first-order chi connectivity index (χ1) is 10.8. The Balaban J connectivity index is 4.98. The fourth-order valence-electron chi connectivity index (χ4n) is 1.74. The van der Waals surface area contributed by atoms with Gasteiger partial charge < -0.3 is 14.2 Å². The third-order valence-corrected chi connectivity index (χ3v) is 3.24. The van der Waals surface area contributed by atoms with Crippen LogP contribution in [0.5, 0.6) is 0 Å². The lowest BCUT2D eigenvalue weighted by atomic mass is 10.1. The Hall–Kier alpha value is -0.820. The van der Waals surface area contributed by atoms with Gasteiger partial charge in [0.25, 0.3) is 5.79 Å². The molecule has 0 unspecified atom stereocenters. The van der Waals surface area contributed by atoms with Gasteiger partial charge in [-0.25, -0.2) is 0 Å². The molecule has 0 atom stereocenters. The minimum absolute atomic E-state index is 0.104. The largest absolute Gasteiger partial charge is 0.466 e. The maximum absolute atomic E-state index is 13.5. The second kappa shape index (κ2) is 11.7. The molecule has 0 aromatic rings. The molecule has 0 saturated heterocycles. The van der Waals surface area contributed by atoms with Crippen LogP contribution >= 0.6 is 0 Å². The molecule has 0 aromatic heterocycles. The van der Waals surface area contributed by atoms with Crippen LogP contribution in [0.25, 0.3) is 0 Å². The number of carbonyl (C=O) groups excluding carboxylic acids is 1. The summed E-state index contributed by atoms with van der Waals surface area (Å²) >= 11 is 0. The van der Waals surface area contributed by atoms with Gasteiger partial charge in [0, 0.05) is 0 Å². The van der Waals surface area contributed by atoms with Crippen LogP contribution in [0.2, 0.25) is 0 Å². The van der Waals surface area contributed by atoms with E-state index in [0.29, 0.717) is 32.1 Å². The number of hydrogen-bond donors (Lipinski definition) is 0. The van der Waals surface area contributed by atoms with Crippen molar-refractivity contribution in [3.63, 3.8) is 0 Å². The van der Waals surface area contributed by atoms with Crippen molar-refractivity contribution in [2.75, 3.05) is 19.8 Å². The highest BCUT2D eigenvalue weighted by molar-refractivity contribution is 5.70. The fraction of sp³-hybridized carbons (Fsp3) is 0.938. The van der Waals surface area contributed by atoms with E-state index in [1.807, 2.05) is 20.8 Å². The zero-order chi connectivity index (χ0) is 17.8. The third-order valence-electron chi connectivity index (χ3n) is 3.24. The van der Waals surface area contributed by atoms with Gasteiger partial charge in [0.2, 0.25) is 0 Å². The summed E-state index contributed by atoms with van der Waals surface area (Å²) in [5, 5.41) is 0. The van der Waals surface area contributed by atoms with Gasteiger partial charge in [-0.3, -0.25) is 4.79 Å². The van der Waals surface area contributed by atoms with Gasteiger partial charge in [-0.05, 0) is 19.3 Å². The molecule has 0 rings (SSSR count). The van der Waals surface area contributed by atoms with Crippen LogP contribution in [0.1, 0.15) is 65.7 Å². The number of unbranched alkanes of at least 4 members (excludes halogenated alkanes) is 3. The summed E-state index contributed by atoms with van der Waals surface area (Å²) in [6.45, 7) is 5.45. The Morgan fingerprint density at radius 1 is 0.826 bits per heavy atom. The molecule has 0 saturated carbocycles. The molecule has 0 N–H and O–H groups in total. The van der Waals surface area contributed by atoms with Gasteiger partial charge in [0.1, 0.15) is 6.42 Å². The number of hydrogen-bond acceptors (Lipinski definition) is 4. The van der Waals surface area contributed by atoms with Gasteiger partial charge in [0.15, 0.2) is 0 Å². The first-order valence-electron chi connectivity index (χ1n) is 8.33. The highest BCUT2D eigenvalue weighted by Gasteiger charge is 2.59. The summed E-state index contributed by atoms with van der Waals surface area (Å²) in [6.07, 6.45) is -2.10. The number of ether oxygens (including phenoxy) is 3. The van der Waals surface area contributed by atoms with Crippen LogP contribution in [-0.4, -0.2) is 37.8 Å². The van der Waals surface area contributed by atoms with Crippen molar-refractivity contribution in [3.05, 3.63) is 0 Å². The summed E-state index contributed by atoms with van der Waals surface area (Å²) in [7, 11) is 0. The predicted molar refractivity (Wildman–Crippen MR) is 81.0 cm³/mol. The van der Waals surface area contributed by atoms with Crippen molar-refractivity contribution < 1.29 is 32.2 Å². The van der Waals surface area contributed by atoms with Crippen LogP contribution in [0, 0.1) is 0 Å². The number of halogens is 3. The van der Waals surface area contributed by atoms with Crippen LogP contribution in [0.3, 0.4) is 0 Å². The highest BCUT2D eigenvalue weighted by atomic mass is 19.4. The zero-order valence-corrected chi connectivity index (χ0v) is 14.3. The third kappa shape index (κ3) is 8.55. The molecule has 138 valence electrons. The maximum Gasteiger partial charge on any atom is 0.443 e. The lowest BCUT2D eigenvalue weighted by Gasteiger charge is -2.34. The van der Waals surface area contributed by atoms with Crippen LogP contribution < -0.4 is 0 Å². The predicted octanol–water partition coefficient (Wildman–Crippen LogP) is 4.61. The quantitative estimate of drug-likeness (QED) is 0.278. The highest BCUT2D eigenvalue weighted by Crippen LogP contribution is 2.38. The fourth-order valence-corrected chi connectivity index (χ4v) is 1.74. The second-order valence-corrected chi connectivity index (χ2v) is 5.41. The van der Waals surface area contributed by atoms with Gasteiger partial charge in [-0.2, -0.15) is 13.2 Å². The zero-order valence-electron chi connectivity index (χ0n) is 14.3. The Bertz CT molecular complexity index is 309. The molecule has 0 heterocycles. The van der Waals surface area contributed by atoms with Gasteiger partial charge in [0.05, 0.1) is 19.8 Å².